The predicted octanol–water partition coefficient (Wildman–Crippen LogP) is -0.0497. The van der Waals surface area contributed by atoms with Gasteiger partial charge in [-0.25, -0.2) is 0 Å². The zero-order valence-electron chi connectivity index (χ0n) is 11.2. The number of hydrogen-bond donors (Lipinski definition) is 4. The number of hydrogen-bond acceptors (Lipinski definition) is 4. The summed E-state index contributed by atoms with van der Waals surface area (Å²) in [5.74, 6) is -1.84. The van der Waals surface area contributed by atoms with Crippen LogP contribution >= 0.6 is 0 Å². The molecule has 1 rings (SSSR count). The van der Waals surface area contributed by atoms with Crippen LogP contribution in [-0.4, -0.2) is 23.8 Å². The first kappa shape index (κ1) is 15.6. The molecule has 0 spiro atoms. The SMILES string of the molecule is CCCC(N)C(=O)Nc1cc(C(N)=O)cc(C(N)=O)c1. The highest BCUT2D eigenvalue weighted by molar-refractivity contribution is 6.02. The first-order chi connectivity index (χ1) is 9.35. The van der Waals surface area contributed by atoms with Crippen molar-refractivity contribution in [3.8, 4) is 0 Å². The van der Waals surface area contributed by atoms with E-state index in [0.717, 1.165) is 6.42 Å². The summed E-state index contributed by atoms with van der Waals surface area (Å²) in [5, 5.41) is 2.54. The molecule has 3 amide bonds. The van der Waals surface area contributed by atoms with Gasteiger partial charge >= 0.3 is 0 Å². The van der Waals surface area contributed by atoms with Gasteiger partial charge in [-0.1, -0.05) is 13.3 Å². The number of amides is 3. The lowest BCUT2D eigenvalue weighted by Gasteiger charge is -2.12. The molecule has 0 aliphatic rings. The molecule has 0 radical (unpaired) electrons. The van der Waals surface area contributed by atoms with E-state index in [9.17, 15) is 14.4 Å². The summed E-state index contributed by atoms with van der Waals surface area (Å²) >= 11 is 0. The van der Waals surface area contributed by atoms with E-state index in [1.54, 1.807) is 0 Å². The van der Waals surface area contributed by atoms with Crippen LogP contribution in [0.1, 0.15) is 40.5 Å². The van der Waals surface area contributed by atoms with Crippen molar-refractivity contribution in [2.45, 2.75) is 25.8 Å². The Morgan fingerprint density at radius 2 is 1.60 bits per heavy atom. The first-order valence-corrected chi connectivity index (χ1v) is 6.16. The van der Waals surface area contributed by atoms with Gasteiger partial charge < -0.3 is 22.5 Å². The number of carbonyl (C=O) groups excluding carboxylic acids is 3. The molecule has 0 saturated carbocycles. The van der Waals surface area contributed by atoms with E-state index in [1.165, 1.54) is 18.2 Å². The average Bonchev–Trinajstić information content (AvgIpc) is 2.38. The fraction of sp³-hybridized carbons (Fsp3) is 0.308. The summed E-state index contributed by atoms with van der Waals surface area (Å²) in [6, 6.07) is 3.34. The molecule has 0 aromatic heterocycles. The summed E-state index contributed by atoms with van der Waals surface area (Å²) in [4.78, 5) is 34.2. The van der Waals surface area contributed by atoms with Crippen LogP contribution in [0.4, 0.5) is 5.69 Å². The van der Waals surface area contributed by atoms with Gasteiger partial charge in [0.15, 0.2) is 0 Å². The van der Waals surface area contributed by atoms with E-state index in [1.807, 2.05) is 6.92 Å². The second-order valence-electron chi connectivity index (χ2n) is 4.41. The summed E-state index contributed by atoms with van der Waals surface area (Å²) in [6.45, 7) is 1.91. The fourth-order valence-electron chi connectivity index (χ4n) is 1.66. The fourth-order valence-corrected chi connectivity index (χ4v) is 1.66. The van der Waals surface area contributed by atoms with E-state index in [-0.39, 0.29) is 16.8 Å². The Bertz CT molecular complexity index is 510. The van der Waals surface area contributed by atoms with Crippen molar-refractivity contribution < 1.29 is 14.4 Å². The summed E-state index contributed by atoms with van der Waals surface area (Å²) in [6.07, 6.45) is 1.30. The lowest BCUT2D eigenvalue weighted by molar-refractivity contribution is -0.117. The number of benzene rings is 1. The molecule has 7 nitrogen and oxygen atoms in total. The van der Waals surface area contributed by atoms with Crippen molar-refractivity contribution in [1.82, 2.24) is 0 Å². The Kier molecular flexibility index (Phi) is 5.22. The van der Waals surface area contributed by atoms with Crippen LogP contribution in [0.3, 0.4) is 0 Å². The second kappa shape index (κ2) is 6.67. The molecule has 1 unspecified atom stereocenters. The Balaban J connectivity index is 3.02. The normalized spacial score (nSPS) is 11.7. The van der Waals surface area contributed by atoms with E-state index >= 15 is 0 Å². The number of nitrogens with one attached hydrogen (secondary N) is 1. The molecule has 1 atom stereocenters. The number of carbonyl (C=O) groups is 3. The maximum atomic E-state index is 11.8. The molecular formula is C13H18N4O3. The zero-order chi connectivity index (χ0) is 15.3. The lowest BCUT2D eigenvalue weighted by atomic mass is 10.1. The van der Waals surface area contributed by atoms with Crippen molar-refractivity contribution >= 4 is 23.4 Å². The van der Waals surface area contributed by atoms with Gasteiger partial charge in [-0.05, 0) is 24.6 Å². The van der Waals surface area contributed by atoms with Crippen LogP contribution in [0.25, 0.3) is 0 Å². The largest absolute Gasteiger partial charge is 0.366 e. The van der Waals surface area contributed by atoms with E-state index in [0.29, 0.717) is 6.42 Å². The van der Waals surface area contributed by atoms with Crippen LogP contribution in [0.15, 0.2) is 18.2 Å². The minimum absolute atomic E-state index is 0.0839. The third-order valence-corrected chi connectivity index (χ3v) is 2.71. The highest BCUT2D eigenvalue weighted by atomic mass is 16.2. The molecule has 0 aliphatic carbocycles. The van der Waals surface area contributed by atoms with Crippen molar-refractivity contribution in [3.05, 3.63) is 29.3 Å². The van der Waals surface area contributed by atoms with E-state index in [4.69, 9.17) is 17.2 Å². The van der Waals surface area contributed by atoms with Crippen molar-refractivity contribution in [3.63, 3.8) is 0 Å². The van der Waals surface area contributed by atoms with Crippen molar-refractivity contribution in [2.24, 2.45) is 17.2 Å². The monoisotopic (exact) mass is 278 g/mol. The Hall–Kier alpha value is -2.41. The Labute approximate surface area is 116 Å². The highest BCUT2D eigenvalue weighted by Crippen LogP contribution is 2.15. The van der Waals surface area contributed by atoms with Crippen LogP contribution in [-0.2, 0) is 4.79 Å². The maximum absolute atomic E-state index is 11.8. The molecule has 0 fully saturated rings. The zero-order valence-corrected chi connectivity index (χ0v) is 11.2. The Morgan fingerprint density at radius 3 is 2.00 bits per heavy atom. The topological polar surface area (TPSA) is 141 Å². The van der Waals surface area contributed by atoms with Gasteiger partial charge in [0.1, 0.15) is 0 Å². The quantitative estimate of drug-likeness (QED) is 0.578. The van der Waals surface area contributed by atoms with Crippen LogP contribution < -0.4 is 22.5 Å². The standard InChI is InChI=1S/C13H18N4O3/c1-2-3-10(14)13(20)17-9-5-7(11(15)18)4-8(6-9)12(16)19/h4-6,10H,2-3,14H2,1H3,(H2,15,18)(H2,16,19)(H,17,20). The predicted molar refractivity (Wildman–Crippen MR) is 75.0 cm³/mol. The molecule has 0 bridgehead atoms. The number of anilines is 1. The lowest BCUT2D eigenvalue weighted by Crippen LogP contribution is -2.35. The van der Waals surface area contributed by atoms with Crippen LogP contribution in [0.5, 0.6) is 0 Å². The van der Waals surface area contributed by atoms with Crippen molar-refractivity contribution in [2.75, 3.05) is 5.32 Å². The summed E-state index contributed by atoms with van der Waals surface area (Å²) in [5.41, 5.74) is 16.4. The number of nitrogens with two attached hydrogens (primary N) is 3. The minimum atomic E-state index is -0.721. The van der Waals surface area contributed by atoms with Gasteiger partial charge in [0.2, 0.25) is 17.7 Å². The third-order valence-electron chi connectivity index (χ3n) is 2.71. The van der Waals surface area contributed by atoms with Crippen molar-refractivity contribution in [1.29, 1.82) is 0 Å². The van der Waals surface area contributed by atoms with E-state index < -0.39 is 23.8 Å². The first-order valence-electron chi connectivity index (χ1n) is 6.16. The minimum Gasteiger partial charge on any atom is -0.366 e. The molecule has 0 aliphatic heterocycles. The molecular weight excluding hydrogens is 260 g/mol. The molecule has 20 heavy (non-hydrogen) atoms. The van der Waals surface area contributed by atoms with Crippen LogP contribution in [0, 0.1) is 0 Å². The van der Waals surface area contributed by atoms with E-state index in [2.05, 4.69) is 5.32 Å². The Morgan fingerprint density at radius 1 is 1.10 bits per heavy atom. The number of rotatable bonds is 6. The van der Waals surface area contributed by atoms with Gasteiger partial charge in [-0.3, -0.25) is 14.4 Å². The van der Waals surface area contributed by atoms with Gasteiger partial charge in [0.25, 0.3) is 0 Å². The van der Waals surface area contributed by atoms with Gasteiger partial charge in [0.05, 0.1) is 6.04 Å². The summed E-state index contributed by atoms with van der Waals surface area (Å²) in [7, 11) is 0. The molecule has 0 saturated heterocycles. The molecule has 1 aromatic carbocycles. The molecule has 1 aromatic rings. The molecule has 7 N–H and O–H groups in total. The molecule has 7 heteroatoms. The smallest absolute Gasteiger partial charge is 0.248 e. The highest BCUT2D eigenvalue weighted by Gasteiger charge is 2.15. The number of primary amides is 2. The molecule has 0 heterocycles. The maximum Gasteiger partial charge on any atom is 0.248 e. The third kappa shape index (κ3) is 4.06. The average molecular weight is 278 g/mol. The van der Waals surface area contributed by atoms with Gasteiger partial charge in [-0.15, -0.1) is 0 Å². The second-order valence-corrected chi connectivity index (χ2v) is 4.41. The molecule has 108 valence electrons. The summed E-state index contributed by atoms with van der Waals surface area (Å²) < 4.78 is 0. The van der Waals surface area contributed by atoms with Gasteiger partial charge in [-0.2, -0.15) is 0 Å². The van der Waals surface area contributed by atoms with Crippen LogP contribution in [0.2, 0.25) is 0 Å². The van der Waals surface area contributed by atoms with Gasteiger partial charge in [0, 0.05) is 16.8 Å².